The van der Waals surface area contributed by atoms with Crippen molar-refractivity contribution in [1.29, 1.82) is 0 Å². The number of pyridine rings is 1. The largest absolute Gasteiger partial charge is 0.347 e. The van der Waals surface area contributed by atoms with Crippen molar-refractivity contribution in [3.63, 3.8) is 0 Å². The van der Waals surface area contributed by atoms with Crippen LogP contribution in [0.1, 0.15) is 35.5 Å². The second-order valence-electron chi connectivity index (χ2n) is 5.68. The molecule has 0 saturated heterocycles. The number of thiazole rings is 1. The Kier molecular flexibility index (Phi) is 3.79. The minimum absolute atomic E-state index is 0.133. The first-order valence-corrected chi connectivity index (χ1v) is 8.82. The second kappa shape index (κ2) is 5.94. The highest BCUT2D eigenvalue weighted by Crippen LogP contribution is 2.35. The summed E-state index contributed by atoms with van der Waals surface area (Å²) in [6, 6.07) is 6.07. The van der Waals surface area contributed by atoms with Crippen LogP contribution in [0.25, 0.3) is 16.8 Å². The predicted octanol–water partition coefficient (Wildman–Crippen LogP) is 3.78. The quantitative estimate of drug-likeness (QED) is 0.785. The van der Waals surface area contributed by atoms with E-state index in [-0.39, 0.29) is 11.9 Å². The number of hydrogen-bond donors (Lipinski definition) is 1. The van der Waals surface area contributed by atoms with Gasteiger partial charge in [-0.1, -0.05) is 41.8 Å². The molecule has 1 aliphatic carbocycles. The Morgan fingerprint density at radius 3 is 3.00 bits per heavy atom. The van der Waals surface area contributed by atoms with Crippen molar-refractivity contribution >= 4 is 34.4 Å². The van der Waals surface area contributed by atoms with Crippen LogP contribution >= 0.6 is 22.9 Å². The molecule has 7 heteroatoms. The van der Waals surface area contributed by atoms with Crippen molar-refractivity contribution in [1.82, 2.24) is 19.9 Å². The first-order chi connectivity index (χ1) is 11.2. The van der Waals surface area contributed by atoms with Gasteiger partial charge in [0, 0.05) is 17.8 Å². The predicted molar refractivity (Wildman–Crippen MR) is 91.0 cm³/mol. The zero-order valence-electron chi connectivity index (χ0n) is 12.3. The molecule has 0 bridgehead atoms. The Hall–Kier alpha value is -1.92. The van der Waals surface area contributed by atoms with E-state index in [1.165, 1.54) is 24.2 Å². The SMILES string of the molecule is O=C(NC1CCCC1)c1nc(-c2cnn3ccccc23)c(Cl)s1. The minimum Gasteiger partial charge on any atom is -0.347 e. The van der Waals surface area contributed by atoms with Gasteiger partial charge in [0.25, 0.3) is 5.91 Å². The first kappa shape index (κ1) is 14.7. The second-order valence-corrected chi connectivity index (χ2v) is 7.29. The van der Waals surface area contributed by atoms with E-state index in [2.05, 4.69) is 15.4 Å². The van der Waals surface area contributed by atoms with Crippen molar-refractivity contribution in [2.24, 2.45) is 0 Å². The molecule has 0 unspecified atom stereocenters. The van der Waals surface area contributed by atoms with E-state index in [9.17, 15) is 4.79 Å². The number of fused-ring (bicyclic) bond motifs is 1. The Bertz CT molecular complexity index is 866. The van der Waals surface area contributed by atoms with E-state index in [0.29, 0.717) is 15.0 Å². The van der Waals surface area contributed by atoms with Gasteiger partial charge in [-0.25, -0.2) is 9.50 Å². The lowest BCUT2D eigenvalue weighted by molar-refractivity contribution is 0.0937. The van der Waals surface area contributed by atoms with E-state index >= 15 is 0 Å². The molecule has 23 heavy (non-hydrogen) atoms. The lowest BCUT2D eigenvalue weighted by Crippen LogP contribution is -2.32. The topological polar surface area (TPSA) is 59.3 Å². The highest BCUT2D eigenvalue weighted by Gasteiger charge is 2.22. The summed E-state index contributed by atoms with van der Waals surface area (Å²) in [4.78, 5) is 16.8. The van der Waals surface area contributed by atoms with Gasteiger partial charge >= 0.3 is 0 Å². The van der Waals surface area contributed by atoms with Crippen LogP contribution in [-0.4, -0.2) is 26.5 Å². The van der Waals surface area contributed by atoms with Crippen molar-refractivity contribution in [2.75, 3.05) is 0 Å². The van der Waals surface area contributed by atoms with Crippen LogP contribution in [0.5, 0.6) is 0 Å². The monoisotopic (exact) mass is 346 g/mol. The molecule has 0 atom stereocenters. The molecule has 0 radical (unpaired) electrons. The molecule has 118 valence electrons. The fourth-order valence-electron chi connectivity index (χ4n) is 3.00. The Balaban J connectivity index is 1.65. The van der Waals surface area contributed by atoms with Gasteiger partial charge in [0.1, 0.15) is 10.0 Å². The molecule has 1 aliphatic rings. The molecule has 0 aromatic carbocycles. The standard InChI is InChI=1S/C16H15ClN4OS/c17-14-13(11-9-18-21-8-4-3-7-12(11)21)20-16(23-14)15(22)19-10-5-1-2-6-10/h3-4,7-10H,1-2,5-6H2,(H,19,22). The van der Waals surface area contributed by atoms with Gasteiger partial charge < -0.3 is 5.32 Å². The summed E-state index contributed by atoms with van der Waals surface area (Å²) in [6.45, 7) is 0. The van der Waals surface area contributed by atoms with E-state index in [1.54, 1.807) is 10.7 Å². The molecule has 3 heterocycles. The maximum absolute atomic E-state index is 12.4. The van der Waals surface area contributed by atoms with Gasteiger partial charge in [0.15, 0.2) is 5.01 Å². The summed E-state index contributed by atoms with van der Waals surface area (Å²) < 4.78 is 2.28. The zero-order valence-corrected chi connectivity index (χ0v) is 13.9. The third kappa shape index (κ3) is 2.72. The van der Waals surface area contributed by atoms with Gasteiger partial charge in [-0.2, -0.15) is 5.10 Å². The maximum Gasteiger partial charge on any atom is 0.280 e. The van der Waals surface area contributed by atoms with Crippen LogP contribution in [0, 0.1) is 0 Å². The molecule has 0 spiro atoms. The van der Waals surface area contributed by atoms with Crippen LogP contribution < -0.4 is 5.32 Å². The van der Waals surface area contributed by atoms with Crippen LogP contribution in [0.4, 0.5) is 0 Å². The number of rotatable bonds is 3. The van der Waals surface area contributed by atoms with Gasteiger partial charge in [-0.05, 0) is 25.0 Å². The molecule has 3 aromatic rings. The molecule has 1 N–H and O–H groups in total. The van der Waals surface area contributed by atoms with Gasteiger partial charge in [0.05, 0.1) is 11.7 Å². The smallest absolute Gasteiger partial charge is 0.280 e. The third-order valence-corrected chi connectivity index (χ3v) is 5.41. The highest BCUT2D eigenvalue weighted by atomic mass is 35.5. The lowest BCUT2D eigenvalue weighted by atomic mass is 10.2. The van der Waals surface area contributed by atoms with Crippen LogP contribution in [-0.2, 0) is 0 Å². The fourth-order valence-corrected chi connectivity index (χ4v) is 4.07. The number of nitrogens with zero attached hydrogens (tertiary/aromatic N) is 3. The van der Waals surface area contributed by atoms with Crippen molar-refractivity contribution in [2.45, 2.75) is 31.7 Å². The summed E-state index contributed by atoms with van der Waals surface area (Å²) in [5, 5.41) is 7.75. The molecular weight excluding hydrogens is 332 g/mol. The van der Waals surface area contributed by atoms with Crippen molar-refractivity contribution in [3.05, 3.63) is 39.9 Å². The number of aromatic nitrogens is 3. The van der Waals surface area contributed by atoms with Gasteiger partial charge in [-0.15, -0.1) is 0 Å². The zero-order chi connectivity index (χ0) is 15.8. The lowest BCUT2D eigenvalue weighted by Gasteiger charge is -2.09. The normalized spacial score (nSPS) is 15.3. The summed E-state index contributed by atoms with van der Waals surface area (Å²) in [5.41, 5.74) is 2.38. The molecule has 1 fully saturated rings. The summed E-state index contributed by atoms with van der Waals surface area (Å²) in [5.74, 6) is -0.133. The van der Waals surface area contributed by atoms with Crippen LogP contribution in [0.15, 0.2) is 30.6 Å². The Morgan fingerprint density at radius 1 is 1.35 bits per heavy atom. The maximum atomic E-state index is 12.4. The molecule has 5 nitrogen and oxygen atoms in total. The minimum atomic E-state index is -0.133. The molecule has 0 aliphatic heterocycles. The average Bonchev–Trinajstić information content (AvgIpc) is 3.26. The molecule has 4 rings (SSSR count). The average molecular weight is 347 g/mol. The number of carbonyl (C=O) groups is 1. The Labute approximate surface area is 142 Å². The highest BCUT2D eigenvalue weighted by molar-refractivity contribution is 7.18. The summed E-state index contributed by atoms with van der Waals surface area (Å²) >= 11 is 7.55. The molecular formula is C16H15ClN4OS. The third-order valence-electron chi connectivity index (χ3n) is 4.15. The molecule has 1 saturated carbocycles. The van der Waals surface area contributed by atoms with Crippen molar-refractivity contribution in [3.8, 4) is 11.3 Å². The number of carbonyl (C=O) groups excluding carboxylic acids is 1. The van der Waals surface area contributed by atoms with E-state index < -0.39 is 0 Å². The molecule has 1 amide bonds. The summed E-state index contributed by atoms with van der Waals surface area (Å²) in [7, 11) is 0. The van der Waals surface area contributed by atoms with Gasteiger partial charge in [-0.3, -0.25) is 4.79 Å². The van der Waals surface area contributed by atoms with E-state index in [4.69, 9.17) is 11.6 Å². The number of halogens is 1. The number of hydrogen-bond acceptors (Lipinski definition) is 4. The van der Waals surface area contributed by atoms with Gasteiger partial charge in [0.2, 0.25) is 0 Å². The Morgan fingerprint density at radius 2 is 2.17 bits per heavy atom. The van der Waals surface area contributed by atoms with Crippen LogP contribution in [0.2, 0.25) is 4.34 Å². The van der Waals surface area contributed by atoms with E-state index in [1.807, 2.05) is 24.4 Å². The first-order valence-electron chi connectivity index (χ1n) is 7.62. The number of amides is 1. The number of nitrogens with one attached hydrogen (secondary N) is 1. The van der Waals surface area contributed by atoms with Crippen LogP contribution in [0.3, 0.4) is 0 Å². The molecule has 3 aromatic heterocycles. The summed E-state index contributed by atoms with van der Waals surface area (Å²) in [6.07, 6.45) is 8.05. The fraction of sp³-hybridized carbons (Fsp3) is 0.312. The van der Waals surface area contributed by atoms with E-state index in [0.717, 1.165) is 23.9 Å². The van der Waals surface area contributed by atoms with Crippen molar-refractivity contribution < 1.29 is 4.79 Å².